The maximum absolute atomic E-state index is 13.4. The van der Waals surface area contributed by atoms with Gasteiger partial charge in [-0.3, -0.25) is 14.5 Å². The first-order valence-electron chi connectivity index (χ1n) is 11.2. The monoisotopic (exact) mass is 518 g/mol. The number of hydrogen-bond donors (Lipinski definition) is 1. The SMILES string of the molecule is Cc1ccc2nc(N3C(=O)C(=O)C(=C(O)c4ccc5c(c4)OCCO5)[C@H]3c3cccc(Cl)c3)sc2c1. The number of aliphatic hydroxyl groups is 1. The molecule has 3 heterocycles. The van der Waals surface area contributed by atoms with Crippen LogP contribution in [-0.4, -0.2) is 35.0 Å². The molecule has 6 rings (SSSR count). The molecule has 1 saturated heterocycles. The van der Waals surface area contributed by atoms with Gasteiger partial charge in [-0.05, 0) is 60.5 Å². The first kappa shape index (κ1) is 22.6. The average Bonchev–Trinajstić information content (AvgIpc) is 3.41. The molecule has 0 saturated carbocycles. The number of anilines is 1. The van der Waals surface area contributed by atoms with Gasteiger partial charge < -0.3 is 14.6 Å². The minimum Gasteiger partial charge on any atom is -0.507 e. The van der Waals surface area contributed by atoms with Crippen molar-refractivity contribution in [1.82, 2.24) is 4.98 Å². The van der Waals surface area contributed by atoms with E-state index in [4.69, 9.17) is 21.1 Å². The van der Waals surface area contributed by atoms with Crippen molar-refractivity contribution >= 4 is 55.7 Å². The van der Waals surface area contributed by atoms with E-state index in [0.29, 0.717) is 46.0 Å². The summed E-state index contributed by atoms with van der Waals surface area (Å²) in [5.41, 5.74) is 2.65. The average molecular weight is 519 g/mol. The fraction of sp³-hybridized carbons (Fsp3) is 0.148. The Kier molecular flexibility index (Phi) is 5.43. The van der Waals surface area contributed by atoms with Crippen molar-refractivity contribution in [2.75, 3.05) is 18.1 Å². The first-order valence-corrected chi connectivity index (χ1v) is 12.4. The van der Waals surface area contributed by atoms with Crippen LogP contribution in [0.5, 0.6) is 11.5 Å². The molecule has 0 aliphatic carbocycles. The predicted molar refractivity (Wildman–Crippen MR) is 138 cm³/mol. The minimum atomic E-state index is -0.918. The minimum absolute atomic E-state index is 0.0469. The van der Waals surface area contributed by atoms with Gasteiger partial charge in [0.1, 0.15) is 19.0 Å². The van der Waals surface area contributed by atoms with Crippen LogP contribution in [0.1, 0.15) is 22.7 Å². The fourth-order valence-corrected chi connectivity index (χ4v) is 5.78. The van der Waals surface area contributed by atoms with Crippen molar-refractivity contribution in [2.45, 2.75) is 13.0 Å². The summed E-state index contributed by atoms with van der Waals surface area (Å²) in [5.74, 6) is -0.873. The Morgan fingerprint density at radius 3 is 2.67 bits per heavy atom. The van der Waals surface area contributed by atoms with Crippen molar-refractivity contribution in [3.8, 4) is 11.5 Å². The second kappa shape index (κ2) is 8.65. The summed E-state index contributed by atoms with van der Waals surface area (Å²) < 4.78 is 12.1. The topological polar surface area (TPSA) is 89.0 Å². The highest BCUT2D eigenvalue weighted by atomic mass is 35.5. The number of Topliss-reactive ketones (excluding diaryl/α,β-unsaturated/α-hetero) is 1. The van der Waals surface area contributed by atoms with Gasteiger partial charge >= 0.3 is 5.91 Å². The van der Waals surface area contributed by atoms with E-state index in [1.54, 1.807) is 42.5 Å². The van der Waals surface area contributed by atoms with Crippen molar-refractivity contribution in [2.24, 2.45) is 0 Å². The molecule has 2 aliphatic heterocycles. The summed E-state index contributed by atoms with van der Waals surface area (Å²) in [4.78, 5) is 32.8. The van der Waals surface area contributed by atoms with Crippen LogP contribution in [0, 0.1) is 6.92 Å². The molecular formula is C27H19ClN2O5S. The molecule has 7 nitrogen and oxygen atoms in total. The van der Waals surface area contributed by atoms with Gasteiger partial charge in [0.25, 0.3) is 5.78 Å². The molecule has 0 spiro atoms. The zero-order chi connectivity index (χ0) is 25.0. The lowest BCUT2D eigenvalue weighted by Gasteiger charge is -2.23. The number of benzene rings is 3. The maximum Gasteiger partial charge on any atom is 0.301 e. The summed E-state index contributed by atoms with van der Waals surface area (Å²) in [7, 11) is 0. The van der Waals surface area contributed by atoms with Crippen LogP contribution in [0.3, 0.4) is 0 Å². The van der Waals surface area contributed by atoms with E-state index in [-0.39, 0.29) is 11.3 Å². The number of aliphatic hydroxyl groups excluding tert-OH is 1. The van der Waals surface area contributed by atoms with Crippen LogP contribution in [-0.2, 0) is 9.59 Å². The molecule has 36 heavy (non-hydrogen) atoms. The lowest BCUT2D eigenvalue weighted by molar-refractivity contribution is -0.132. The highest BCUT2D eigenvalue weighted by molar-refractivity contribution is 7.22. The van der Waals surface area contributed by atoms with Gasteiger partial charge in [0, 0.05) is 10.6 Å². The first-order chi connectivity index (χ1) is 17.4. The van der Waals surface area contributed by atoms with Crippen LogP contribution in [0.4, 0.5) is 5.13 Å². The van der Waals surface area contributed by atoms with Crippen LogP contribution in [0.25, 0.3) is 16.0 Å². The van der Waals surface area contributed by atoms with Gasteiger partial charge in [-0.25, -0.2) is 4.98 Å². The number of aromatic nitrogens is 1. The number of hydrogen-bond acceptors (Lipinski definition) is 7. The molecule has 1 amide bonds. The Bertz CT molecular complexity index is 1590. The lowest BCUT2D eigenvalue weighted by atomic mass is 9.95. The highest BCUT2D eigenvalue weighted by Gasteiger charge is 2.48. The summed E-state index contributed by atoms with van der Waals surface area (Å²) in [6.07, 6.45) is 0. The Morgan fingerprint density at radius 2 is 1.86 bits per heavy atom. The van der Waals surface area contributed by atoms with Crippen molar-refractivity contribution < 1.29 is 24.2 Å². The number of aryl methyl sites for hydroxylation is 1. The third-order valence-electron chi connectivity index (χ3n) is 6.16. The fourth-order valence-electron chi connectivity index (χ4n) is 4.49. The van der Waals surface area contributed by atoms with Crippen molar-refractivity contribution in [3.63, 3.8) is 0 Å². The van der Waals surface area contributed by atoms with Crippen molar-refractivity contribution in [1.29, 1.82) is 0 Å². The van der Waals surface area contributed by atoms with Crippen molar-refractivity contribution in [3.05, 3.63) is 87.9 Å². The number of rotatable bonds is 3. The second-order valence-corrected chi connectivity index (χ2v) is 10.00. The van der Waals surface area contributed by atoms with Gasteiger partial charge in [0.2, 0.25) is 0 Å². The Labute approximate surface area is 215 Å². The molecule has 1 aromatic heterocycles. The molecule has 0 radical (unpaired) electrons. The van der Waals surface area contributed by atoms with E-state index >= 15 is 0 Å². The molecule has 3 aromatic carbocycles. The largest absolute Gasteiger partial charge is 0.507 e. The van der Waals surface area contributed by atoms with Crippen LogP contribution in [0.2, 0.25) is 5.02 Å². The molecule has 180 valence electrons. The molecule has 1 atom stereocenters. The summed E-state index contributed by atoms with van der Waals surface area (Å²) in [5, 5.41) is 12.2. The second-order valence-electron chi connectivity index (χ2n) is 8.55. The quantitative estimate of drug-likeness (QED) is 0.214. The molecule has 0 bridgehead atoms. The number of carbonyl (C=O) groups is 2. The van der Waals surface area contributed by atoms with Crippen LogP contribution >= 0.6 is 22.9 Å². The third-order valence-corrected chi connectivity index (χ3v) is 7.42. The normalized spacial score (nSPS) is 18.7. The number of halogens is 1. The summed E-state index contributed by atoms with van der Waals surface area (Å²) >= 11 is 7.60. The molecule has 0 unspecified atom stereocenters. The summed E-state index contributed by atoms with van der Waals surface area (Å²) in [6.45, 7) is 2.78. The van der Waals surface area contributed by atoms with E-state index in [1.165, 1.54) is 16.2 Å². The van der Waals surface area contributed by atoms with Crippen LogP contribution < -0.4 is 14.4 Å². The van der Waals surface area contributed by atoms with E-state index in [0.717, 1.165) is 15.8 Å². The third kappa shape index (κ3) is 3.70. The van der Waals surface area contributed by atoms with Gasteiger partial charge in [-0.15, -0.1) is 0 Å². The summed E-state index contributed by atoms with van der Waals surface area (Å²) in [6, 6.07) is 16.7. The number of nitrogens with zero attached hydrogens (tertiary/aromatic N) is 2. The van der Waals surface area contributed by atoms with Crippen LogP contribution in [0.15, 0.2) is 66.2 Å². The van der Waals surface area contributed by atoms with E-state index in [9.17, 15) is 14.7 Å². The number of fused-ring (bicyclic) bond motifs is 2. The molecular weight excluding hydrogens is 500 g/mol. The Morgan fingerprint density at radius 1 is 1.06 bits per heavy atom. The van der Waals surface area contributed by atoms with Gasteiger partial charge in [-0.2, -0.15) is 0 Å². The standard InChI is InChI=1S/C27H19ClN2O5S/c1-14-5-7-18-21(11-14)36-27(29-18)30-23(15-3-2-4-17(28)12-15)22(25(32)26(30)33)24(31)16-6-8-19-20(13-16)35-10-9-34-19/h2-8,11-13,23,31H,9-10H2,1H3/t23-/m1/s1. The Balaban J connectivity index is 1.54. The van der Waals surface area contributed by atoms with Gasteiger partial charge in [-0.1, -0.05) is 41.1 Å². The molecule has 2 aliphatic rings. The molecule has 1 fully saturated rings. The van der Waals surface area contributed by atoms with E-state index < -0.39 is 17.7 Å². The number of carbonyl (C=O) groups excluding carboxylic acids is 2. The maximum atomic E-state index is 13.4. The number of ether oxygens (including phenoxy) is 2. The lowest BCUT2D eigenvalue weighted by Crippen LogP contribution is -2.29. The molecule has 1 N–H and O–H groups in total. The number of ketones is 1. The number of thiazole rings is 1. The van der Waals surface area contributed by atoms with Gasteiger partial charge in [0.15, 0.2) is 16.6 Å². The zero-order valence-electron chi connectivity index (χ0n) is 19.0. The van der Waals surface area contributed by atoms with E-state index in [1.807, 2.05) is 25.1 Å². The smallest absolute Gasteiger partial charge is 0.301 e. The zero-order valence-corrected chi connectivity index (χ0v) is 20.6. The molecule has 9 heteroatoms. The Hall–Kier alpha value is -3.88. The van der Waals surface area contributed by atoms with E-state index in [2.05, 4.69) is 4.98 Å². The number of amides is 1. The molecule has 4 aromatic rings. The predicted octanol–water partition coefficient (Wildman–Crippen LogP) is 5.66. The highest BCUT2D eigenvalue weighted by Crippen LogP contribution is 2.45. The van der Waals surface area contributed by atoms with Gasteiger partial charge in [0.05, 0.1) is 21.8 Å².